The van der Waals surface area contributed by atoms with Crippen LogP contribution in [0, 0.1) is 0 Å². The molecule has 0 saturated heterocycles. The van der Waals surface area contributed by atoms with Gasteiger partial charge in [0.05, 0.1) is 23.0 Å². The van der Waals surface area contributed by atoms with Gasteiger partial charge in [-0.15, -0.1) is 0 Å². The minimum absolute atomic E-state index is 0.00168. The van der Waals surface area contributed by atoms with Gasteiger partial charge in [0.2, 0.25) is 0 Å². The maximum Gasteiger partial charge on any atom is 0.417 e. The van der Waals surface area contributed by atoms with Crippen molar-refractivity contribution in [1.82, 2.24) is 24.7 Å². The van der Waals surface area contributed by atoms with Crippen LogP contribution in [0.1, 0.15) is 60.9 Å². The molecule has 0 aromatic carbocycles. The summed E-state index contributed by atoms with van der Waals surface area (Å²) < 4.78 is 78.5. The van der Waals surface area contributed by atoms with Crippen LogP contribution in [0.5, 0.6) is 0 Å². The maximum absolute atomic E-state index is 12.9. The standard InChI is InChI=1S/C19H17F6N5O/c1-2-12(11-6-5-10(8-26-11)19(23,24)25)30-16-14(15(29-30)9-3-4-9)17(31)28-13(27-16)7-18(20,21)22/h5-6,8-9,12H,2-4,7H2,1H3,(H,27,28,31). The summed E-state index contributed by atoms with van der Waals surface area (Å²) in [6, 6.07) is 1.38. The Morgan fingerprint density at radius 2 is 1.90 bits per heavy atom. The molecule has 31 heavy (non-hydrogen) atoms. The number of pyridine rings is 1. The molecular weight excluding hydrogens is 428 g/mol. The van der Waals surface area contributed by atoms with Crippen LogP contribution in [0.15, 0.2) is 23.1 Å². The molecule has 6 nitrogen and oxygen atoms in total. The van der Waals surface area contributed by atoms with E-state index in [9.17, 15) is 31.1 Å². The molecule has 1 N–H and O–H groups in total. The van der Waals surface area contributed by atoms with Crippen molar-refractivity contribution in [2.45, 2.75) is 56.9 Å². The van der Waals surface area contributed by atoms with Gasteiger partial charge >= 0.3 is 12.4 Å². The Morgan fingerprint density at radius 1 is 1.19 bits per heavy atom. The number of rotatable bonds is 5. The molecule has 1 fully saturated rings. The summed E-state index contributed by atoms with van der Waals surface area (Å²) in [5.41, 5.74) is -0.988. The van der Waals surface area contributed by atoms with Gasteiger partial charge in [0, 0.05) is 12.1 Å². The lowest BCUT2D eigenvalue weighted by atomic mass is 10.1. The summed E-state index contributed by atoms with van der Waals surface area (Å²) in [6.45, 7) is 1.73. The Balaban J connectivity index is 1.85. The minimum atomic E-state index is -4.58. The van der Waals surface area contributed by atoms with Gasteiger partial charge in [-0.2, -0.15) is 31.4 Å². The van der Waals surface area contributed by atoms with Gasteiger partial charge in [-0.25, -0.2) is 9.67 Å². The molecule has 3 aromatic rings. The fraction of sp³-hybridized carbons (Fsp3) is 0.474. The van der Waals surface area contributed by atoms with Crippen LogP contribution in [0.25, 0.3) is 11.0 Å². The predicted molar refractivity (Wildman–Crippen MR) is 97.6 cm³/mol. The number of fused-ring (bicyclic) bond motifs is 1. The number of H-pyrrole nitrogens is 1. The number of nitrogens with one attached hydrogen (secondary N) is 1. The van der Waals surface area contributed by atoms with Crippen molar-refractivity contribution in [3.05, 3.63) is 51.5 Å². The Kier molecular flexibility index (Phi) is 5.05. The molecular formula is C19H17F6N5O. The third kappa shape index (κ3) is 4.28. The lowest BCUT2D eigenvalue weighted by Gasteiger charge is -2.17. The second-order valence-electron chi connectivity index (χ2n) is 7.50. The molecule has 0 radical (unpaired) electrons. The van der Waals surface area contributed by atoms with Crippen LogP contribution in [0.3, 0.4) is 0 Å². The van der Waals surface area contributed by atoms with Crippen molar-refractivity contribution >= 4 is 11.0 Å². The van der Waals surface area contributed by atoms with Crippen LogP contribution in [-0.2, 0) is 12.6 Å². The number of aromatic amines is 1. The molecule has 3 aromatic heterocycles. The molecule has 4 rings (SSSR count). The summed E-state index contributed by atoms with van der Waals surface area (Å²) in [5.74, 6) is -0.554. The van der Waals surface area contributed by atoms with E-state index < -0.39 is 41.8 Å². The van der Waals surface area contributed by atoms with Gasteiger partial charge in [-0.05, 0) is 31.4 Å². The Bertz CT molecular complexity index is 1160. The number of hydrogen-bond donors (Lipinski definition) is 1. The molecule has 0 bridgehead atoms. The third-order valence-electron chi connectivity index (χ3n) is 5.11. The molecule has 12 heteroatoms. The molecule has 1 atom stereocenters. The van der Waals surface area contributed by atoms with Gasteiger partial charge in [0.1, 0.15) is 17.6 Å². The van der Waals surface area contributed by atoms with Crippen molar-refractivity contribution in [3.63, 3.8) is 0 Å². The van der Waals surface area contributed by atoms with E-state index >= 15 is 0 Å². The Labute approximate surface area is 171 Å². The first kappa shape index (κ1) is 21.3. The minimum Gasteiger partial charge on any atom is -0.310 e. The highest BCUT2D eigenvalue weighted by Crippen LogP contribution is 2.42. The first-order chi connectivity index (χ1) is 14.5. The zero-order valence-electron chi connectivity index (χ0n) is 16.2. The maximum atomic E-state index is 12.9. The van der Waals surface area contributed by atoms with Crippen molar-refractivity contribution in [1.29, 1.82) is 0 Å². The highest BCUT2D eigenvalue weighted by molar-refractivity contribution is 5.78. The van der Waals surface area contributed by atoms with Crippen LogP contribution in [-0.4, -0.2) is 30.9 Å². The average Bonchev–Trinajstić information content (AvgIpc) is 3.43. The molecule has 1 unspecified atom stereocenters. The van der Waals surface area contributed by atoms with Gasteiger partial charge in [-0.3, -0.25) is 9.78 Å². The van der Waals surface area contributed by atoms with E-state index in [1.807, 2.05) is 0 Å². The van der Waals surface area contributed by atoms with Crippen LogP contribution >= 0.6 is 0 Å². The second-order valence-corrected chi connectivity index (χ2v) is 7.50. The summed E-state index contributed by atoms with van der Waals surface area (Å²) >= 11 is 0. The number of aromatic nitrogens is 5. The smallest absolute Gasteiger partial charge is 0.310 e. The van der Waals surface area contributed by atoms with E-state index in [2.05, 4.69) is 20.1 Å². The summed E-state index contributed by atoms with van der Waals surface area (Å²) in [4.78, 5) is 22.7. The lowest BCUT2D eigenvalue weighted by molar-refractivity contribution is -0.137. The molecule has 0 amide bonds. The van der Waals surface area contributed by atoms with E-state index in [0.29, 0.717) is 18.3 Å². The number of alkyl halides is 6. The number of hydrogen-bond acceptors (Lipinski definition) is 4. The molecule has 166 valence electrons. The predicted octanol–water partition coefficient (Wildman–Crippen LogP) is 4.52. The number of nitrogens with zero attached hydrogens (tertiary/aromatic N) is 4. The van der Waals surface area contributed by atoms with E-state index in [4.69, 9.17) is 0 Å². The van der Waals surface area contributed by atoms with E-state index in [0.717, 1.165) is 18.9 Å². The van der Waals surface area contributed by atoms with Gasteiger partial charge in [0.15, 0.2) is 5.65 Å². The van der Waals surface area contributed by atoms with E-state index in [1.54, 1.807) is 6.92 Å². The monoisotopic (exact) mass is 445 g/mol. The van der Waals surface area contributed by atoms with Crippen LogP contribution in [0.2, 0.25) is 0 Å². The summed E-state index contributed by atoms with van der Waals surface area (Å²) in [5, 5.41) is 4.57. The highest BCUT2D eigenvalue weighted by atomic mass is 19.4. The average molecular weight is 445 g/mol. The first-order valence-corrected chi connectivity index (χ1v) is 9.59. The van der Waals surface area contributed by atoms with E-state index in [-0.39, 0.29) is 22.6 Å². The molecule has 3 heterocycles. The lowest BCUT2D eigenvalue weighted by Crippen LogP contribution is -2.20. The molecule has 1 saturated carbocycles. The fourth-order valence-electron chi connectivity index (χ4n) is 3.53. The van der Waals surface area contributed by atoms with Crippen molar-refractivity contribution < 1.29 is 26.3 Å². The summed E-state index contributed by atoms with van der Waals surface area (Å²) in [6.07, 6.45) is -7.96. The van der Waals surface area contributed by atoms with Gasteiger partial charge < -0.3 is 4.98 Å². The normalized spacial score (nSPS) is 16.1. The molecule has 1 aliphatic carbocycles. The Hall–Kier alpha value is -2.92. The quantitative estimate of drug-likeness (QED) is 0.586. The topological polar surface area (TPSA) is 76.5 Å². The van der Waals surface area contributed by atoms with Crippen molar-refractivity contribution in [3.8, 4) is 0 Å². The third-order valence-corrected chi connectivity index (χ3v) is 5.11. The van der Waals surface area contributed by atoms with Crippen LogP contribution in [0.4, 0.5) is 26.3 Å². The summed E-state index contributed by atoms with van der Waals surface area (Å²) in [7, 11) is 0. The molecule has 0 spiro atoms. The van der Waals surface area contributed by atoms with Gasteiger partial charge in [0.25, 0.3) is 5.56 Å². The van der Waals surface area contributed by atoms with Crippen LogP contribution < -0.4 is 5.56 Å². The zero-order valence-corrected chi connectivity index (χ0v) is 16.2. The van der Waals surface area contributed by atoms with Gasteiger partial charge in [-0.1, -0.05) is 6.92 Å². The number of halogens is 6. The van der Waals surface area contributed by atoms with E-state index in [1.165, 1.54) is 10.7 Å². The highest BCUT2D eigenvalue weighted by Gasteiger charge is 2.35. The Morgan fingerprint density at radius 3 is 2.42 bits per heavy atom. The largest absolute Gasteiger partial charge is 0.417 e. The van der Waals surface area contributed by atoms with Crippen molar-refractivity contribution in [2.24, 2.45) is 0 Å². The fourth-order valence-corrected chi connectivity index (χ4v) is 3.53. The second kappa shape index (κ2) is 7.34. The van der Waals surface area contributed by atoms with Crippen molar-refractivity contribution in [2.75, 3.05) is 0 Å². The zero-order chi connectivity index (χ0) is 22.6. The molecule has 0 aliphatic heterocycles. The SMILES string of the molecule is CCC(c1ccc(C(F)(F)F)cn1)n1nc(C2CC2)c2c(=O)[nH]c(CC(F)(F)F)nc21. The first-order valence-electron chi connectivity index (χ1n) is 9.59. The molecule has 1 aliphatic rings.